The molecule has 6 heteroatoms. The van der Waals surface area contributed by atoms with Crippen molar-refractivity contribution >= 4 is 22.7 Å². The van der Waals surface area contributed by atoms with E-state index in [9.17, 15) is 10.2 Å². The van der Waals surface area contributed by atoms with Crippen molar-refractivity contribution in [3.63, 3.8) is 0 Å². The van der Waals surface area contributed by atoms with Crippen LogP contribution in [0.4, 0.5) is 22.7 Å². The third-order valence-corrected chi connectivity index (χ3v) is 4.04. The molecular weight excluding hydrogens is 316 g/mol. The van der Waals surface area contributed by atoms with Gasteiger partial charge in [0, 0.05) is 45.1 Å². The Bertz CT molecular complexity index is 670. The maximum absolute atomic E-state index is 9.31. The molecule has 0 saturated heterocycles. The summed E-state index contributed by atoms with van der Waals surface area (Å²) in [6, 6.07) is 13.8. The van der Waals surface area contributed by atoms with Gasteiger partial charge in [-0.1, -0.05) is 12.1 Å². The van der Waals surface area contributed by atoms with Crippen LogP contribution in [0.5, 0.6) is 0 Å². The summed E-state index contributed by atoms with van der Waals surface area (Å²) in [5.74, 6) is 0. The van der Waals surface area contributed by atoms with Gasteiger partial charge in [0.2, 0.25) is 0 Å². The van der Waals surface area contributed by atoms with Gasteiger partial charge in [-0.25, -0.2) is 0 Å². The first-order valence-electron chi connectivity index (χ1n) is 8.42. The molecular formula is C19H28N4O2. The molecule has 0 unspecified atom stereocenters. The van der Waals surface area contributed by atoms with Gasteiger partial charge in [-0.2, -0.15) is 0 Å². The summed E-state index contributed by atoms with van der Waals surface area (Å²) in [6.45, 7) is 1.58. The highest BCUT2D eigenvalue weighted by atomic mass is 16.3. The number of hydrogen-bond donors (Lipinski definition) is 4. The van der Waals surface area contributed by atoms with Crippen molar-refractivity contribution in [1.82, 2.24) is 0 Å². The van der Waals surface area contributed by atoms with Gasteiger partial charge < -0.3 is 31.1 Å². The molecule has 136 valence electrons. The molecule has 0 fully saturated rings. The van der Waals surface area contributed by atoms with E-state index in [0.29, 0.717) is 25.3 Å². The van der Waals surface area contributed by atoms with E-state index < -0.39 is 0 Å². The SMILES string of the molecule is CN(C)c1ccccc1NCc1cc(N)ccc1N(CCO)CCO. The van der Waals surface area contributed by atoms with Crippen LogP contribution in [0.2, 0.25) is 0 Å². The molecule has 0 bridgehead atoms. The van der Waals surface area contributed by atoms with E-state index in [2.05, 4.69) is 16.3 Å². The van der Waals surface area contributed by atoms with Crippen molar-refractivity contribution in [3.05, 3.63) is 48.0 Å². The Balaban J connectivity index is 2.25. The van der Waals surface area contributed by atoms with E-state index in [1.54, 1.807) is 0 Å². The standard InChI is InChI=1S/C19H28N4O2/c1-22(2)19-6-4-3-5-17(19)21-14-15-13-16(20)7-8-18(15)23(9-11-24)10-12-25/h3-8,13,21,24-25H,9-12,14,20H2,1-2H3. The number of aliphatic hydroxyl groups is 2. The summed E-state index contributed by atoms with van der Waals surface area (Å²) in [6.07, 6.45) is 0. The number of para-hydroxylation sites is 2. The third-order valence-electron chi connectivity index (χ3n) is 4.04. The number of rotatable bonds is 9. The lowest BCUT2D eigenvalue weighted by atomic mass is 10.1. The molecule has 0 aliphatic rings. The fourth-order valence-corrected chi connectivity index (χ4v) is 2.85. The summed E-state index contributed by atoms with van der Waals surface area (Å²) >= 11 is 0. The smallest absolute Gasteiger partial charge is 0.0606 e. The summed E-state index contributed by atoms with van der Waals surface area (Å²) in [4.78, 5) is 4.03. The second kappa shape index (κ2) is 9.15. The van der Waals surface area contributed by atoms with Crippen LogP contribution in [-0.4, -0.2) is 50.6 Å². The van der Waals surface area contributed by atoms with Crippen LogP contribution in [0.3, 0.4) is 0 Å². The lowest BCUT2D eigenvalue weighted by molar-refractivity contribution is 0.281. The molecule has 2 aromatic carbocycles. The molecule has 0 aromatic heterocycles. The molecule has 0 radical (unpaired) electrons. The maximum Gasteiger partial charge on any atom is 0.0606 e. The van der Waals surface area contributed by atoms with E-state index in [1.165, 1.54) is 0 Å². The quantitative estimate of drug-likeness (QED) is 0.519. The molecule has 0 amide bonds. The van der Waals surface area contributed by atoms with Crippen molar-refractivity contribution in [3.8, 4) is 0 Å². The first-order chi connectivity index (χ1) is 12.1. The number of nitrogen functional groups attached to an aromatic ring is 1. The highest BCUT2D eigenvalue weighted by molar-refractivity contribution is 5.70. The lowest BCUT2D eigenvalue weighted by Crippen LogP contribution is -2.30. The van der Waals surface area contributed by atoms with Crippen LogP contribution in [0.1, 0.15) is 5.56 Å². The van der Waals surface area contributed by atoms with E-state index in [1.807, 2.05) is 55.4 Å². The fraction of sp³-hybridized carbons (Fsp3) is 0.368. The normalized spacial score (nSPS) is 10.6. The number of anilines is 4. The van der Waals surface area contributed by atoms with Crippen molar-refractivity contribution in [2.45, 2.75) is 6.54 Å². The zero-order valence-corrected chi connectivity index (χ0v) is 14.9. The second-order valence-corrected chi connectivity index (χ2v) is 6.09. The van der Waals surface area contributed by atoms with Crippen molar-refractivity contribution < 1.29 is 10.2 Å². The van der Waals surface area contributed by atoms with E-state index in [4.69, 9.17) is 5.73 Å². The van der Waals surface area contributed by atoms with E-state index >= 15 is 0 Å². The van der Waals surface area contributed by atoms with Gasteiger partial charge >= 0.3 is 0 Å². The van der Waals surface area contributed by atoms with Gasteiger partial charge in [-0.05, 0) is 35.9 Å². The van der Waals surface area contributed by atoms with Crippen LogP contribution in [0, 0.1) is 0 Å². The highest BCUT2D eigenvalue weighted by Crippen LogP contribution is 2.27. The molecule has 0 aliphatic carbocycles. The van der Waals surface area contributed by atoms with Gasteiger partial charge in [0.15, 0.2) is 0 Å². The Hall–Kier alpha value is -2.44. The van der Waals surface area contributed by atoms with Gasteiger partial charge in [-0.15, -0.1) is 0 Å². The predicted octanol–water partition coefficient (Wildman–Crippen LogP) is 1.74. The topological polar surface area (TPSA) is 85.0 Å². The van der Waals surface area contributed by atoms with Gasteiger partial charge in [0.05, 0.1) is 24.6 Å². The van der Waals surface area contributed by atoms with Gasteiger partial charge in [0.25, 0.3) is 0 Å². The summed E-state index contributed by atoms with van der Waals surface area (Å²) in [5.41, 5.74) is 10.8. The second-order valence-electron chi connectivity index (χ2n) is 6.09. The first-order valence-corrected chi connectivity index (χ1v) is 8.42. The van der Waals surface area contributed by atoms with Gasteiger partial charge in [-0.3, -0.25) is 0 Å². The Morgan fingerprint density at radius 2 is 1.64 bits per heavy atom. The maximum atomic E-state index is 9.31. The zero-order valence-electron chi connectivity index (χ0n) is 14.9. The molecule has 0 saturated carbocycles. The highest BCUT2D eigenvalue weighted by Gasteiger charge is 2.12. The Morgan fingerprint density at radius 1 is 0.960 bits per heavy atom. The molecule has 0 aliphatic heterocycles. The predicted molar refractivity (Wildman–Crippen MR) is 105 cm³/mol. The minimum absolute atomic E-state index is 0.0285. The number of benzene rings is 2. The molecule has 5 N–H and O–H groups in total. The van der Waals surface area contributed by atoms with Crippen LogP contribution in [0.25, 0.3) is 0 Å². The first kappa shape index (κ1) is 18.9. The van der Waals surface area contributed by atoms with E-state index in [-0.39, 0.29) is 13.2 Å². The Labute approximate surface area is 149 Å². The Morgan fingerprint density at radius 3 is 2.28 bits per heavy atom. The van der Waals surface area contributed by atoms with Crippen molar-refractivity contribution in [2.75, 3.05) is 61.2 Å². The number of aliphatic hydroxyl groups excluding tert-OH is 2. The molecule has 0 heterocycles. The lowest BCUT2D eigenvalue weighted by Gasteiger charge is -2.26. The summed E-state index contributed by atoms with van der Waals surface area (Å²) < 4.78 is 0. The molecule has 2 aromatic rings. The summed E-state index contributed by atoms with van der Waals surface area (Å²) in [7, 11) is 4.02. The largest absolute Gasteiger partial charge is 0.399 e. The Kier molecular flexibility index (Phi) is 6.91. The molecule has 0 spiro atoms. The molecule has 2 rings (SSSR count). The van der Waals surface area contributed by atoms with Crippen LogP contribution in [0.15, 0.2) is 42.5 Å². The average molecular weight is 344 g/mol. The number of nitrogens with two attached hydrogens (primary N) is 1. The number of nitrogens with zero attached hydrogens (tertiary/aromatic N) is 2. The van der Waals surface area contributed by atoms with Crippen LogP contribution < -0.4 is 20.9 Å². The molecule has 25 heavy (non-hydrogen) atoms. The minimum Gasteiger partial charge on any atom is -0.399 e. The number of hydrogen-bond acceptors (Lipinski definition) is 6. The average Bonchev–Trinajstić information content (AvgIpc) is 2.60. The van der Waals surface area contributed by atoms with Crippen LogP contribution in [-0.2, 0) is 6.54 Å². The molecule has 0 atom stereocenters. The zero-order chi connectivity index (χ0) is 18.2. The van der Waals surface area contributed by atoms with Crippen LogP contribution >= 0.6 is 0 Å². The molecule has 6 nitrogen and oxygen atoms in total. The number of nitrogens with one attached hydrogen (secondary N) is 1. The van der Waals surface area contributed by atoms with E-state index in [0.717, 1.165) is 22.6 Å². The third kappa shape index (κ3) is 5.01. The fourth-order valence-electron chi connectivity index (χ4n) is 2.85. The summed E-state index contributed by atoms with van der Waals surface area (Å²) in [5, 5.41) is 22.1. The van der Waals surface area contributed by atoms with Crippen molar-refractivity contribution in [1.29, 1.82) is 0 Å². The monoisotopic (exact) mass is 344 g/mol. The van der Waals surface area contributed by atoms with Crippen molar-refractivity contribution in [2.24, 2.45) is 0 Å². The van der Waals surface area contributed by atoms with Gasteiger partial charge in [0.1, 0.15) is 0 Å². The minimum atomic E-state index is 0.0285.